The van der Waals surface area contributed by atoms with E-state index in [9.17, 15) is 4.79 Å². The molecular weight excluding hydrogens is 218 g/mol. The maximum Gasteiger partial charge on any atom is 0.310 e. The van der Waals surface area contributed by atoms with E-state index in [2.05, 4.69) is 20.0 Å². The highest BCUT2D eigenvalue weighted by Crippen LogP contribution is 2.16. The van der Waals surface area contributed by atoms with Crippen molar-refractivity contribution in [2.75, 3.05) is 19.0 Å². The second-order valence-electron chi connectivity index (χ2n) is 3.02. The van der Waals surface area contributed by atoms with Gasteiger partial charge in [-0.3, -0.25) is 4.79 Å². The number of esters is 1. The van der Waals surface area contributed by atoms with Crippen LogP contribution in [0.15, 0.2) is 12.5 Å². The molecule has 6 heteroatoms. The van der Waals surface area contributed by atoms with E-state index in [0.29, 0.717) is 17.4 Å². The molecule has 0 aromatic carbocycles. The molecule has 1 N–H and O–H groups in total. The first-order valence-electron chi connectivity index (χ1n) is 4.42. The van der Waals surface area contributed by atoms with Gasteiger partial charge in [-0.25, -0.2) is 9.97 Å². The number of nitrogens with zero attached hydrogens (tertiary/aromatic N) is 2. The Morgan fingerprint density at radius 3 is 3.07 bits per heavy atom. The number of carbonyl (C=O) groups is 1. The molecule has 0 aliphatic rings. The third kappa shape index (κ3) is 3.36. The van der Waals surface area contributed by atoms with Gasteiger partial charge in [-0.05, 0) is 0 Å². The third-order valence-electron chi connectivity index (χ3n) is 1.85. The third-order valence-corrected chi connectivity index (χ3v) is 2.12. The lowest BCUT2D eigenvalue weighted by Gasteiger charge is -2.11. The smallest absolute Gasteiger partial charge is 0.310 e. The van der Waals surface area contributed by atoms with Crippen molar-refractivity contribution in [3.63, 3.8) is 0 Å². The van der Waals surface area contributed by atoms with Crippen LogP contribution < -0.4 is 5.32 Å². The molecule has 0 radical (unpaired) electrons. The average molecular weight is 230 g/mol. The molecule has 0 saturated carbocycles. The number of anilines is 1. The maximum atomic E-state index is 11.1. The minimum atomic E-state index is -0.271. The number of ether oxygens (including phenoxy) is 1. The molecule has 1 unspecified atom stereocenters. The van der Waals surface area contributed by atoms with Crippen molar-refractivity contribution >= 4 is 23.4 Å². The molecule has 0 fully saturated rings. The summed E-state index contributed by atoms with van der Waals surface area (Å²) < 4.78 is 4.59. The summed E-state index contributed by atoms with van der Waals surface area (Å²) in [5.41, 5.74) is 0. The second-order valence-corrected chi connectivity index (χ2v) is 3.43. The van der Waals surface area contributed by atoms with E-state index >= 15 is 0 Å². The highest BCUT2D eigenvalue weighted by atomic mass is 35.5. The molecule has 0 aliphatic heterocycles. The summed E-state index contributed by atoms with van der Waals surface area (Å²) in [4.78, 5) is 18.8. The first-order valence-corrected chi connectivity index (χ1v) is 4.80. The Kier molecular flexibility index (Phi) is 4.30. The van der Waals surface area contributed by atoms with E-state index in [1.165, 1.54) is 19.6 Å². The normalized spacial score (nSPS) is 11.9. The molecule has 0 amide bonds. The summed E-state index contributed by atoms with van der Waals surface area (Å²) in [5, 5.41) is 3.37. The minimum absolute atomic E-state index is 0.249. The lowest BCUT2D eigenvalue weighted by atomic mass is 10.2. The number of rotatable bonds is 4. The van der Waals surface area contributed by atoms with Gasteiger partial charge < -0.3 is 10.1 Å². The number of methoxy groups -OCH3 is 1. The van der Waals surface area contributed by atoms with E-state index in [1.807, 2.05) is 0 Å². The molecule has 82 valence electrons. The van der Waals surface area contributed by atoms with Crippen LogP contribution in [-0.2, 0) is 9.53 Å². The fourth-order valence-electron chi connectivity index (χ4n) is 0.977. The van der Waals surface area contributed by atoms with Crippen LogP contribution in [0.5, 0.6) is 0 Å². The van der Waals surface area contributed by atoms with Crippen molar-refractivity contribution < 1.29 is 9.53 Å². The highest BCUT2D eigenvalue weighted by Gasteiger charge is 2.13. The Labute approximate surface area is 92.8 Å². The molecule has 1 rings (SSSR count). The lowest BCUT2D eigenvalue weighted by Crippen LogP contribution is -2.21. The van der Waals surface area contributed by atoms with Crippen LogP contribution in [0.4, 0.5) is 5.82 Å². The van der Waals surface area contributed by atoms with Gasteiger partial charge >= 0.3 is 5.97 Å². The van der Waals surface area contributed by atoms with Crippen molar-refractivity contribution in [1.29, 1.82) is 0 Å². The molecule has 1 heterocycles. The summed E-state index contributed by atoms with van der Waals surface area (Å²) in [7, 11) is 1.36. The molecule has 1 atom stereocenters. The quantitative estimate of drug-likeness (QED) is 0.790. The van der Waals surface area contributed by atoms with E-state index in [1.54, 1.807) is 6.92 Å². The Balaban J connectivity index is 2.50. The van der Waals surface area contributed by atoms with Crippen molar-refractivity contribution in [3.8, 4) is 0 Å². The summed E-state index contributed by atoms with van der Waals surface area (Å²) >= 11 is 5.82. The zero-order valence-electron chi connectivity index (χ0n) is 8.53. The van der Waals surface area contributed by atoms with E-state index in [4.69, 9.17) is 11.6 Å². The number of aromatic nitrogens is 2. The van der Waals surface area contributed by atoms with Gasteiger partial charge in [0.25, 0.3) is 0 Å². The van der Waals surface area contributed by atoms with Gasteiger partial charge in [-0.2, -0.15) is 0 Å². The summed E-state index contributed by atoms with van der Waals surface area (Å²) in [6.07, 6.45) is 2.87. The van der Waals surface area contributed by atoms with Crippen molar-refractivity contribution in [2.24, 2.45) is 5.92 Å². The molecule has 1 aromatic rings. The van der Waals surface area contributed by atoms with Gasteiger partial charge in [0.05, 0.1) is 19.2 Å². The lowest BCUT2D eigenvalue weighted by molar-refractivity contribution is -0.144. The second kappa shape index (κ2) is 5.50. The molecule has 0 bridgehead atoms. The molecule has 15 heavy (non-hydrogen) atoms. The Morgan fingerprint density at radius 1 is 1.73 bits per heavy atom. The Bertz CT molecular complexity index is 346. The topological polar surface area (TPSA) is 64.1 Å². The molecule has 1 aromatic heterocycles. The molecule has 0 saturated heterocycles. The Hall–Kier alpha value is -1.36. The van der Waals surface area contributed by atoms with E-state index in [-0.39, 0.29) is 11.9 Å². The van der Waals surface area contributed by atoms with Gasteiger partial charge in [0.2, 0.25) is 0 Å². The highest BCUT2D eigenvalue weighted by molar-refractivity contribution is 6.32. The van der Waals surface area contributed by atoms with Crippen LogP contribution >= 0.6 is 11.6 Å². The largest absolute Gasteiger partial charge is 0.469 e. The van der Waals surface area contributed by atoms with Crippen molar-refractivity contribution in [1.82, 2.24) is 9.97 Å². The van der Waals surface area contributed by atoms with Crippen LogP contribution in [0, 0.1) is 5.92 Å². The van der Waals surface area contributed by atoms with Crippen molar-refractivity contribution in [3.05, 3.63) is 17.5 Å². The first-order chi connectivity index (χ1) is 7.15. The van der Waals surface area contributed by atoms with Crippen LogP contribution in [0.2, 0.25) is 5.02 Å². The number of hydrogen-bond donors (Lipinski definition) is 1. The molecule has 0 aliphatic carbocycles. The van der Waals surface area contributed by atoms with Crippen LogP contribution in [-0.4, -0.2) is 29.6 Å². The standard InChI is InChI=1S/C9H12ClN3O2/c1-6(9(14)15-2)3-12-8-7(10)4-11-5-13-8/h4-6H,3H2,1-2H3,(H,11,12,13). The Morgan fingerprint density at radius 2 is 2.47 bits per heavy atom. The van der Waals surface area contributed by atoms with Gasteiger partial charge in [0.1, 0.15) is 17.2 Å². The van der Waals surface area contributed by atoms with Gasteiger partial charge in [-0.15, -0.1) is 0 Å². The van der Waals surface area contributed by atoms with Gasteiger partial charge in [-0.1, -0.05) is 18.5 Å². The summed E-state index contributed by atoms with van der Waals surface area (Å²) in [6.45, 7) is 2.18. The van der Waals surface area contributed by atoms with E-state index < -0.39 is 0 Å². The van der Waals surface area contributed by atoms with Crippen LogP contribution in [0.25, 0.3) is 0 Å². The monoisotopic (exact) mass is 229 g/mol. The van der Waals surface area contributed by atoms with Gasteiger partial charge in [0.15, 0.2) is 0 Å². The molecule has 5 nitrogen and oxygen atoms in total. The predicted octanol–water partition coefficient (Wildman–Crippen LogP) is 1.35. The number of carbonyl (C=O) groups excluding carboxylic acids is 1. The number of halogens is 1. The maximum absolute atomic E-state index is 11.1. The summed E-state index contributed by atoms with van der Waals surface area (Å²) in [6, 6.07) is 0. The van der Waals surface area contributed by atoms with E-state index in [0.717, 1.165) is 0 Å². The van der Waals surface area contributed by atoms with Crippen LogP contribution in [0.3, 0.4) is 0 Å². The van der Waals surface area contributed by atoms with Crippen molar-refractivity contribution in [2.45, 2.75) is 6.92 Å². The van der Waals surface area contributed by atoms with Gasteiger partial charge in [0, 0.05) is 6.54 Å². The SMILES string of the molecule is COC(=O)C(C)CNc1ncncc1Cl. The van der Waals surface area contributed by atoms with Crippen LogP contribution in [0.1, 0.15) is 6.92 Å². The first kappa shape index (κ1) is 11.7. The fourth-order valence-corrected chi connectivity index (χ4v) is 1.15. The molecular formula is C9H12ClN3O2. The minimum Gasteiger partial charge on any atom is -0.469 e. The fraction of sp³-hybridized carbons (Fsp3) is 0.444. The average Bonchev–Trinajstić information content (AvgIpc) is 2.26. The molecule has 0 spiro atoms. The zero-order valence-corrected chi connectivity index (χ0v) is 9.28. The zero-order chi connectivity index (χ0) is 11.3. The number of hydrogen-bond acceptors (Lipinski definition) is 5. The number of nitrogens with one attached hydrogen (secondary N) is 1. The summed E-state index contributed by atoms with van der Waals surface area (Å²) in [5.74, 6) is -0.00358. The predicted molar refractivity (Wildman–Crippen MR) is 56.7 cm³/mol.